The SMILES string of the molecule is NCc1ccc(P)cc1.O. The number of hydrogen-bond donors (Lipinski definition) is 1. The van der Waals surface area contributed by atoms with Gasteiger partial charge in [0.1, 0.15) is 0 Å². The van der Waals surface area contributed by atoms with E-state index in [1.165, 1.54) is 10.9 Å². The van der Waals surface area contributed by atoms with E-state index in [1.54, 1.807) is 0 Å². The first-order valence-electron chi connectivity index (χ1n) is 2.87. The maximum Gasteiger partial charge on any atom is 0.0178 e. The van der Waals surface area contributed by atoms with Crippen LogP contribution < -0.4 is 11.0 Å². The summed E-state index contributed by atoms with van der Waals surface area (Å²) in [5, 5.41) is 1.20. The van der Waals surface area contributed by atoms with Crippen molar-refractivity contribution >= 4 is 14.5 Å². The minimum atomic E-state index is 0. The summed E-state index contributed by atoms with van der Waals surface area (Å²) in [6.07, 6.45) is 0. The number of hydrogen-bond acceptors (Lipinski definition) is 1. The third-order valence-corrected chi connectivity index (χ3v) is 1.60. The molecule has 1 rings (SSSR count). The van der Waals surface area contributed by atoms with E-state index < -0.39 is 0 Å². The van der Waals surface area contributed by atoms with Crippen LogP contribution in [0.25, 0.3) is 0 Å². The minimum Gasteiger partial charge on any atom is -0.412 e. The Balaban J connectivity index is 0.000000810. The monoisotopic (exact) mass is 157 g/mol. The smallest absolute Gasteiger partial charge is 0.0178 e. The molecule has 0 amide bonds. The van der Waals surface area contributed by atoms with Gasteiger partial charge in [-0.2, -0.15) is 0 Å². The molecule has 56 valence electrons. The Hall–Kier alpha value is -0.430. The lowest BCUT2D eigenvalue weighted by molar-refractivity contribution is 0.824. The van der Waals surface area contributed by atoms with Gasteiger partial charge in [-0.1, -0.05) is 24.3 Å². The van der Waals surface area contributed by atoms with E-state index in [4.69, 9.17) is 5.73 Å². The summed E-state index contributed by atoms with van der Waals surface area (Å²) in [5.74, 6) is 0. The highest BCUT2D eigenvalue weighted by molar-refractivity contribution is 7.27. The van der Waals surface area contributed by atoms with Crippen LogP contribution in [-0.2, 0) is 6.54 Å². The lowest BCUT2D eigenvalue weighted by Crippen LogP contribution is -1.97. The highest BCUT2D eigenvalue weighted by Crippen LogP contribution is 1.96. The Bertz CT molecular complexity index is 185. The van der Waals surface area contributed by atoms with E-state index in [9.17, 15) is 0 Å². The van der Waals surface area contributed by atoms with Gasteiger partial charge in [-0.3, -0.25) is 0 Å². The molecular formula is C7H12NOP. The average Bonchev–Trinajstić information content (AvgIpc) is 1.90. The molecule has 2 nitrogen and oxygen atoms in total. The van der Waals surface area contributed by atoms with Crippen molar-refractivity contribution < 1.29 is 5.48 Å². The molecule has 0 aromatic heterocycles. The molecule has 0 aliphatic rings. The van der Waals surface area contributed by atoms with Gasteiger partial charge in [0.2, 0.25) is 0 Å². The summed E-state index contributed by atoms with van der Waals surface area (Å²) in [4.78, 5) is 0. The summed E-state index contributed by atoms with van der Waals surface area (Å²) < 4.78 is 0. The van der Waals surface area contributed by atoms with Crippen molar-refractivity contribution in [2.75, 3.05) is 0 Å². The summed E-state index contributed by atoms with van der Waals surface area (Å²) in [7, 11) is 2.63. The Kier molecular flexibility index (Phi) is 4.21. The van der Waals surface area contributed by atoms with E-state index in [1.807, 2.05) is 24.3 Å². The van der Waals surface area contributed by atoms with Gasteiger partial charge in [-0.15, -0.1) is 9.24 Å². The maximum atomic E-state index is 5.39. The molecule has 0 bridgehead atoms. The molecule has 0 spiro atoms. The summed E-state index contributed by atoms with van der Waals surface area (Å²) in [5.41, 5.74) is 6.57. The molecule has 10 heavy (non-hydrogen) atoms. The molecular weight excluding hydrogens is 145 g/mol. The predicted octanol–water partition coefficient (Wildman–Crippen LogP) is -0.179. The Morgan fingerprint density at radius 1 is 1.20 bits per heavy atom. The van der Waals surface area contributed by atoms with Gasteiger partial charge in [-0.25, -0.2) is 0 Å². The van der Waals surface area contributed by atoms with Gasteiger partial charge in [0.05, 0.1) is 0 Å². The molecule has 1 atom stereocenters. The zero-order chi connectivity index (χ0) is 6.69. The van der Waals surface area contributed by atoms with E-state index in [-0.39, 0.29) is 5.48 Å². The van der Waals surface area contributed by atoms with Crippen molar-refractivity contribution in [3.8, 4) is 0 Å². The second kappa shape index (κ2) is 4.40. The molecule has 0 fully saturated rings. The maximum absolute atomic E-state index is 5.39. The van der Waals surface area contributed by atoms with Crippen molar-refractivity contribution in [1.29, 1.82) is 0 Å². The van der Waals surface area contributed by atoms with Crippen molar-refractivity contribution in [1.82, 2.24) is 0 Å². The molecule has 0 aliphatic carbocycles. The highest BCUT2D eigenvalue weighted by Gasteiger charge is 1.85. The van der Waals surface area contributed by atoms with Gasteiger partial charge < -0.3 is 11.2 Å². The topological polar surface area (TPSA) is 57.5 Å². The fraction of sp³-hybridized carbons (Fsp3) is 0.143. The average molecular weight is 157 g/mol. The standard InChI is InChI=1S/C7H10NP.H2O/c8-5-6-1-3-7(9)4-2-6;/h1-4H,5,8-9H2;1H2. The van der Waals surface area contributed by atoms with Crippen LogP contribution in [0.2, 0.25) is 0 Å². The van der Waals surface area contributed by atoms with E-state index in [2.05, 4.69) is 9.24 Å². The van der Waals surface area contributed by atoms with Gasteiger partial charge in [0.25, 0.3) is 0 Å². The van der Waals surface area contributed by atoms with Crippen molar-refractivity contribution in [3.63, 3.8) is 0 Å². The molecule has 0 radical (unpaired) electrons. The predicted molar refractivity (Wildman–Crippen MR) is 47.3 cm³/mol. The second-order valence-electron chi connectivity index (χ2n) is 1.95. The van der Waals surface area contributed by atoms with Crippen molar-refractivity contribution in [2.45, 2.75) is 6.54 Å². The molecule has 4 N–H and O–H groups in total. The van der Waals surface area contributed by atoms with Crippen LogP contribution in [0.5, 0.6) is 0 Å². The van der Waals surface area contributed by atoms with Crippen LogP contribution in [0, 0.1) is 0 Å². The third kappa shape index (κ3) is 2.44. The van der Waals surface area contributed by atoms with Gasteiger partial charge in [-0.05, 0) is 10.9 Å². The number of benzene rings is 1. The highest BCUT2D eigenvalue weighted by atomic mass is 31.0. The Morgan fingerprint density at radius 2 is 1.70 bits per heavy atom. The first kappa shape index (κ1) is 9.57. The molecule has 0 saturated heterocycles. The molecule has 0 aliphatic heterocycles. The second-order valence-corrected chi connectivity index (χ2v) is 2.61. The Labute approximate surface area is 62.9 Å². The lowest BCUT2D eigenvalue weighted by Gasteiger charge is -1.94. The van der Waals surface area contributed by atoms with Crippen LogP contribution >= 0.6 is 9.24 Å². The summed E-state index contributed by atoms with van der Waals surface area (Å²) in [6.45, 7) is 0.630. The largest absolute Gasteiger partial charge is 0.412 e. The van der Waals surface area contributed by atoms with Crippen LogP contribution in [0.3, 0.4) is 0 Å². The van der Waals surface area contributed by atoms with Crippen LogP contribution in [-0.4, -0.2) is 5.48 Å². The first-order valence-corrected chi connectivity index (χ1v) is 3.45. The molecule has 1 aromatic carbocycles. The van der Waals surface area contributed by atoms with E-state index >= 15 is 0 Å². The molecule has 3 heteroatoms. The van der Waals surface area contributed by atoms with E-state index in [0.29, 0.717) is 6.54 Å². The third-order valence-electron chi connectivity index (χ3n) is 1.22. The van der Waals surface area contributed by atoms with Gasteiger partial charge in [0.15, 0.2) is 0 Å². The lowest BCUT2D eigenvalue weighted by atomic mass is 10.2. The molecule has 1 aromatic rings. The van der Waals surface area contributed by atoms with Gasteiger partial charge >= 0.3 is 0 Å². The Morgan fingerprint density at radius 3 is 2.10 bits per heavy atom. The van der Waals surface area contributed by atoms with Crippen LogP contribution in [0.4, 0.5) is 0 Å². The van der Waals surface area contributed by atoms with Crippen LogP contribution in [0.15, 0.2) is 24.3 Å². The van der Waals surface area contributed by atoms with Gasteiger partial charge in [0, 0.05) is 6.54 Å². The van der Waals surface area contributed by atoms with E-state index in [0.717, 1.165) is 0 Å². The zero-order valence-electron chi connectivity index (χ0n) is 5.67. The fourth-order valence-electron chi connectivity index (χ4n) is 0.654. The quantitative estimate of drug-likeness (QED) is 0.565. The normalized spacial score (nSPS) is 8.60. The summed E-state index contributed by atoms with van der Waals surface area (Å²) in [6, 6.07) is 8.13. The first-order chi connectivity index (χ1) is 4.33. The van der Waals surface area contributed by atoms with Crippen molar-refractivity contribution in [3.05, 3.63) is 29.8 Å². The number of rotatable bonds is 1. The minimum absolute atomic E-state index is 0. The molecule has 0 saturated carbocycles. The van der Waals surface area contributed by atoms with Crippen LogP contribution in [0.1, 0.15) is 5.56 Å². The molecule has 1 unspecified atom stereocenters. The molecule has 0 heterocycles. The van der Waals surface area contributed by atoms with Crippen molar-refractivity contribution in [2.24, 2.45) is 5.73 Å². The fourth-order valence-corrected chi connectivity index (χ4v) is 0.846. The summed E-state index contributed by atoms with van der Waals surface area (Å²) >= 11 is 0. The number of nitrogens with two attached hydrogens (primary N) is 1. The zero-order valence-corrected chi connectivity index (χ0v) is 6.83.